The van der Waals surface area contributed by atoms with Crippen molar-refractivity contribution in [2.24, 2.45) is 0 Å². The van der Waals surface area contributed by atoms with Gasteiger partial charge in [0.1, 0.15) is 5.75 Å². The van der Waals surface area contributed by atoms with Crippen LogP contribution in [0.2, 0.25) is 0 Å². The third kappa shape index (κ3) is 3.91. The lowest BCUT2D eigenvalue weighted by molar-refractivity contribution is 0.171. The van der Waals surface area contributed by atoms with Gasteiger partial charge in [-0.1, -0.05) is 0 Å². The second kappa shape index (κ2) is 6.69. The van der Waals surface area contributed by atoms with Crippen LogP contribution >= 0.6 is 0 Å². The van der Waals surface area contributed by atoms with Crippen LogP contribution in [0.4, 0.5) is 5.69 Å². The van der Waals surface area contributed by atoms with Gasteiger partial charge >= 0.3 is 0 Å². The summed E-state index contributed by atoms with van der Waals surface area (Å²) in [6, 6.07) is 4.90. The fourth-order valence-corrected chi connectivity index (χ4v) is 3.25. The van der Waals surface area contributed by atoms with Crippen LogP contribution in [0.5, 0.6) is 5.75 Å². The lowest BCUT2D eigenvalue weighted by atomic mass is 9.86. The summed E-state index contributed by atoms with van der Waals surface area (Å²) in [6.07, 6.45) is 2.61. The van der Waals surface area contributed by atoms with Crippen molar-refractivity contribution in [1.82, 2.24) is 4.90 Å². The Morgan fingerprint density at radius 2 is 1.76 bits per heavy atom. The van der Waals surface area contributed by atoms with Gasteiger partial charge in [0.25, 0.3) is 0 Å². The van der Waals surface area contributed by atoms with E-state index in [2.05, 4.69) is 37.8 Å². The molecule has 0 bridgehead atoms. The van der Waals surface area contributed by atoms with Crippen LogP contribution in [0.1, 0.15) is 57.6 Å². The Labute approximate surface area is 129 Å². The van der Waals surface area contributed by atoms with E-state index in [0.29, 0.717) is 12.0 Å². The van der Waals surface area contributed by atoms with Crippen molar-refractivity contribution in [1.29, 1.82) is 0 Å². The summed E-state index contributed by atoms with van der Waals surface area (Å²) in [5.74, 6) is 1.48. The van der Waals surface area contributed by atoms with Crippen molar-refractivity contribution in [2.75, 3.05) is 18.8 Å². The zero-order valence-corrected chi connectivity index (χ0v) is 14.1. The minimum absolute atomic E-state index is 0.158. The molecule has 0 spiro atoms. The third-order valence-electron chi connectivity index (χ3n) is 4.46. The van der Waals surface area contributed by atoms with E-state index in [0.717, 1.165) is 11.4 Å². The molecule has 3 nitrogen and oxygen atoms in total. The van der Waals surface area contributed by atoms with E-state index in [1.54, 1.807) is 0 Å². The van der Waals surface area contributed by atoms with E-state index in [4.69, 9.17) is 10.5 Å². The molecule has 0 unspecified atom stereocenters. The first-order valence-corrected chi connectivity index (χ1v) is 8.19. The molecule has 0 saturated carbocycles. The fourth-order valence-electron chi connectivity index (χ4n) is 3.25. The van der Waals surface area contributed by atoms with Gasteiger partial charge < -0.3 is 15.4 Å². The molecule has 1 fully saturated rings. The lowest BCUT2D eigenvalue weighted by Crippen LogP contribution is -2.37. The van der Waals surface area contributed by atoms with Crippen molar-refractivity contribution < 1.29 is 4.74 Å². The SMILES string of the molecule is Cc1cc(N)c(OC(C)C)cc1C1CCN(C(C)C)CC1. The number of nitrogens with two attached hydrogens (primary N) is 1. The first-order chi connectivity index (χ1) is 9.88. The van der Waals surface area contributed by atoms with E-state index in [1.165, 1.54) is 37.1 Å². The predicted molar refractivity (Wildman–Crippen MR) is 90.0 cm³/mol. The number of likely N-dealkylation sites (tertiary alicyclic amines) is 1. The van der Waals surface area contributed by atoms with Gasteiger partial charge in [-0.15, -0.1) is 0 Å². The molecular weight excluding hydrogens is 260 g/mol. The number of hydrogen-bond donors (Lipinski definition) is 1. The summed E-state index contributed by atoms with van der Waals surface area (Å²) in [5, 5.41) is 0. The highest BCUT2D eigenvalue weighted by atomic mass is 16.5. The standard InChI is InChI=1S/C18H30N2O/c1-12(2)20-8-6-15(7-9-20)16-11-18(21-13(3)4)17(19)10-14(16)5/h10-13,15H,6-9,19H2,1-5H3. The molecule has 0 aromatic heterocycles. The minimum Gasteiger partial charge on any atom is -0.489 e. The first kappa shape index (κ1) is 16.2. The highest BCUT2D eigenvalue weighted by Gasteiger charge is 2.24. The van der Waals surface area contributed by atoms with Gasteiger partial charge in [0.15, 0.2) is 0 Å². The fraction of sp³-hybridized carbons (Fsp3) is 0.667. The quantitative estimate of drug-likeness (QED) is 0.853. The maximum atomic E-state index is 6.10. The normalized spacial score (nSPS) is 17.7. The monoisotopic (exact) mass is 290 g/mol. The summed E-state index contributed by atoms with van der Waals surface area (Å²) >= 11 is 0. The van der Waals surface area contributed by atoms with Crippen LogP contribution in [0, 0.1) is 6.92 Å². The van der Waals surface area contributed by atoms with Gasteiger partial charge in [0.05, 0.1) is 11.8 Å². The zero-order chi connectivity index (χ0) is 15.6. The Morgan fingerprint density at radius 1 is 1.14 bits per heavy atom. The topological polar surface area (TPSA) is 38.5 Å². The Kier molecular flexibility index (Phi) is 5.15. The van der Waals surface area contributed by atoms with Crippen LogP contribution in [0.3, 0.4) is 0 Å². The van der Waals surface area contributed by atoms with Crippen molar-refractivity contribution in [2.45, 2.75) is 65.5 Å². The van der Waals surface area contributed by atoms with E-state index in [1.807, 2.05) is 13.8 Å². The molecule has 2 rings (SSSR count). The molecule has 1 aromatic carbocycles. The van der Waals surface area contributed by atoms with Crippen LogP contribution in [0.25, 0.3) is 0 Å². The minimum atomic E-state index is 0.158. The van der Waals surface area contributed by atoms with E-state index in [9.17, 15) is 0 Å². The number of ether oxygens (including phenoxy) is 1. The summed E-state index contributed by atoms with van der Waals surface area (Å²) in [6.45, 7) is 13.2. The molecule has 0 aliphatic carbocycles. The number of benzene rings is 1. The van der Waals surface area contributed by atoms with Crippen molar-refractivity contribution in [3.8, 4) is 5.75 Å². The first-order valence-electron chi connectivity index (χ1n) is 8.19. The highest BCUT2D eigenvalue weighted by molar-refractivity contribution is 5.57. The summed E-state index contributed by atoms with van der Waals surface area (Å²) in [7, 11) is 0. The van der Waals surface area contributed by atoms with E-state index < -0.39 is 0 Å². The zero-order valence-electron chi connectivity index (χ0n) is 14.1. The van der Waals surface area contributed by atoms with E-state index in [-0.39, 0.29) is 6.10 Å². The number of piperidine rings is 1. The number of rotatable bonds is 4. The van der Waals surface area contributed by atoms with E-state index >= 15 is 0 Å². The average molecular weight is 290 g/mol. The number of anilines is 1. The molecule has 0 atom stereocenters. The maximum Gasteiger partial charge on any atom is 0.142 e. The molecular formula is C18H30N2O. The molecule has 1 aliphatic heterocycles. The molecule has 1 aliphatic rings. The van der Waals surface area contributed by atoms with Crippen LogP contribution in [-0.4, -0.2) is 30.1 Å². The van der Waals surface area contributed by atoms with Crippen LogP contribution < -0.4 is 10.5 Å². The Balaban J connectivity index is 2.16. The number of nitrogen functional groups attached to an aromatic ring is 1. The van der Waals surface area contributed by atoms with Crippen LogP contribution in [0.15, 0.2) is 12.1 Å². The molecule has 118 valence electrons. The molecule has 1 aromatic rings. The summed E-state index contributed by atoms with van der Waals surface area (Å²) in [4.78, 5) is 2.56. The summed E-state index contributed by atoms with van der Waals surface area (Å²) < 4.78 is 5.86. The second-order valence-corrected chi connectivity index (χ2v) is 6.82. The summed E-state index contributed by atoms with van der Waals surface area (Å²) in [5.41, 5.74) is 9.57. The van der Waals surface area contributed by atoms with Gasteiger partial charge in [-0.2, -0.15) is 0 Å². The van der Waals surface area contributed by atoms with Gasteiger partial charge in [-0.25, -0.2) is 0 Å². The van der Waals surface area contributed by atoms with Gasteiger partial charge in [0, 0.05) is 6.04 Å². The van der Waals surface area contributed by atoms with Gasteiger partial charge in [-0.05, 0) is 89.7 Å². The molecule has 1 heterocycles. The molecule has 0 radical (unpaired) electrons. The molecule has 3 heteroatoms. The molecule has 21 heavy (non-hydrogen) atoms. The third-order valence-corrected chi connectivity index (χ3v) is 4.46. The van der Waals surface area contributed by atoms with Gasteiger partial charge in [-0.3, -0.25) is 0 Å². The Bertz CT molecular complexity index is 474. The number of aryl methyl sites for hydroxylation is 1. The second-order valence-electron chi connectivity index (χ2n) is 6.82. The maximum absolute atomic E-state index is 6.10. The Hall–Kier alpha value is -1.22. The van der Waals surface area contributed by atoms with Crippen LogP contribution in [-0.2, 0) is 0 Å². The lowest BCUT2D eigenvalue weighted by Gasteiger charge is -2.35. The van der Waals surface area contributed by atoms with Crippen molar-refractivity contribution in [3.63, 3.8) is 0 Å². The van der Waals surface area contributed by atoms with Gasteiger partial charge in [0.2, 0.25) is 0 Å². The molecule has 1 saturated heterocycles. The van der Waals surface area contributed by atoms with Crippen molar-refractivity contribution in [3.05, 3.63) is 23.3 Å². The molecule has 0 amide bonds. The largest absolute Gasteiger partial charge is 0.489 e. The highest BCUT2D eigenvalue weighted by Crippen LogP contribution is 2.36. The Morgan fingerprint density at radius 3 is 2.29 bits per heavy atom. The van der Waals surface area contributed by atoms with Crippen molar-refractivity contribution >= 4 is 5.69 Å². The smallest absolute Gasteiger partial charge is 0.142 e. The number of hydrogen-bond acceptors (Lipinski definition) is 3. The molecule has 2 N–H and O–H groups in total. The predicted octanol–water partition coefficient (Wildman–Crippen LogP) is 3.95. The average Bonchev–Trinajstić information content (AvgIpc) is 2.41. The number of nitrogens with zero attached hydrogens (tertiary/aromatic N) is 1.